The largest absolute Gasteiger partial charge is 0.248 e. The maximum atomic E-state index is 13.4. The highest BCUT2D eigenvalue weighted by atomic mass is 32.2. The van der Waals surface area contributed by atoms with Crippen LogP contribution in [0, 0.1) is 0 Å². The minimum absolute atomic E-state index is 0.0260. The first-order valence-corrected chi connectivity index (χ1v) is 12.1. The Labute approximate surface area is 169 Å². The molecule has 0 atom stereocenters. The Hall–Kier alpha value is -3.03. The van der Waals surface area contributed by atoms with Crippen LogP contribution in [0.5, 0.6) is 0 Å². The zero-order valence-electron chi connectivity index (χ0n) is 15.5. The third kappa shape index (κ3) is 3.66. The monoisotopic (exact) mass is 423 g/mol. The van der Waals surface area contributed by atoms with E-state index in [4.69, 9.17) is 0 Å². The van der Waals surface area contributed by atoms with Gasteiger partial charge in [-0.25, -0.2) is 21.8 Å². The number of rotatable bonds is 4. The summed E-state index contributed by atoms with van der Waals surface area (Å²) in [5.74, 6) is 0. The molecule has 0 spiro atoms. The van der Waals surface area contributed by atoms with E-state index in [2.05, 4.69) is 4.98 Å². The van der Waals surface area contributed by atoms with E-state index >= 15 is 0 Å². The van der Waals surface area contributed by atoms with Crippen molar-refractivity contribution in [2.45, 2.75) is 14.7 Å². The fourth-order valence-corrected chi connectivity index (χ4v) is 5.25. The summed E-state index contributed by atoms with van der Waals surface area (Å²) >= 11 is 0. The van der Waals surface area contributed by atoms with Gasteiger partial charge in [0.15, 0.2) is 9.84 Å². The van der Waals surface area contributed by atoms with Crippen molar-refractivity contribution in [2.75, 3.05) is 6.26 Å². The lowest BCUT2D eigenvalue weighted by Crippen LogP contribution is -2.05. The summed E-state index contributed by atoms with van der Waals surface area (Å²) in [6.07, 6.45) is 1.09. The second-order valence-corrected chi connectivity index (χ2v) is 10.6. The van der Waals surface area contributed by atoms with Gasteiger partial charge in [-0.2, -0.15) is 0 Å². The molecule has 0 amide bonds. The highest BCUT2D eigenvalue weighted by Crippen LogP contribution is 2.32. The molecule has 1 aromatic heterocycles. The van der Waals surface area contributed by atoms with Crippen molar-refractivity contribution >= 4 is 30.6 Å². The van der Waals surface area contributed by atoms with Crippen molar-refractivity contribution in [1.29, 1.82) is 0 Å². The maximum absolute atomic E-state index is 13.4. The number of fused-ring (bicyclic) bond motifs is 1. The van der Waals surface area contributed by atoms with E-state index < -0.39 is 19.7 Å². The van der Waals surface area contributed by atoms with E-state index in [1.165, 1.54) is 30.3 Å². The van der Waals surface area contributed by atoms with Crippen molar-refractivity contribution in [3.05, 3.63) is 84.9 Å². The molecule has 0 saturated heterocycles. The van der Waals surface area contributed by atoms with Crippen LogP contribution in [-0.4, -0.2) is 28.1 Å². The van der Waals surface area contributed by atoms with E-state index in [1.807, 2.05) is 30.3 Å². The van der Waals surface area contributed by atoms with Gasteiger partial charge in [-0.3, -0.25) is 0 Å². The van der Waals surface area contributed by atoms with Gasteiger partial charge >= 0.3 is 0 Å². The molecule has 0 aliphatic rings. The molecule has 0 fully saturated rings. The van der Waals surface area contributed by atoms with Crippen LogP contribution in [0.4, 0.5) is 0 Å². The molecule has 4 aromatic rings. The van der Waals surface area contributed by atoms with Crippen molar-refractivity contribution in [3.63, 3.8) is 0 Å². The van der Waals surface area contributed by atoms with Crippen LogP contribution in [0.2, 0.25) is 0 Å². The number of pyridine rings is 1. The number of sulfone groups is 2. The van der Waals surface area contributed by atoms with Gasteiger partial charge in [0.1, 0.15) is 0 Å². The Morgan fingerprint density at radius 1 is 0.690 bits per heavy atom. The number of aromatic nitrogens is 1. The lowest BCUT2D eigenvalue weighted by atomic mass is 10.1. The molecule has 146 valence electrons. The van der Waals surface area contributed by atoms with E-state index in [0.29, 0.717) is 11.2 Å². The molecule has 7 heteroatoms. The molecule has 0 aliphatic carbocycles. The Kier molecular flexibility index (Phi) is 4.72. The lowest BCUT2D eigenvalue weighted by molar-refractivity contribution is 0.596. The van der Waals surface area contributed by atoms with Gasteiger partial charge in [-0.15, -0.1) is 0 Å². The van der Waals surface area contributed by atoms with E-state index in [1.54, 1.807) is 24.3 Å². The molecular weight excluding hydrogens is 406 g/mol. The van der Waals surface area contributed by atoms with Crippen LogP contribution >= 0.6 is 0 Å². The fraction of sp³-hybridized carbons (Fsp3) is 0.0455. The van der Waals surface area contributed by atoms with Crippen molar-refractivity contribution in [3.8, 4) is 11.3 Å². The first-order chi connectivity index (χ1) is 13.8. The van der Waals surface area contributed by atoms with Crippen LogP contribution in [0.1, 0.15) is 0 Å². The van der Waals surface area contributed by atoms with Gasteiger partial charge in [0.05, 0.1) is 25.9 Å². The van der Waals surface area contributed by atoms with Gasteiger partial charge in [0, 0.05) is 17.2 Å². The smallest absolute Gasteiger partial charge is 0.207 e. The predicted molar refractivity (Wildman–Crippen MR) is 112 cm³/mol. The Morgan fingerprint density at radius 3 is 1.93 bits per heavy atom. The number of hydrogen-bond donors (Lipinski definition) is 0. The van der Waals surface area contributed by atoms with Gasteiger partial charge in [-0.1, -0.05) is 48.5 Å². The van der Waals surface area contributed by atoms with Gasteiger partial charge in [0.2, 0.25) is 9.84 Å². The summed E-state index contributed by atoms with van der Waals surface area (Å²) in [4.78, 5) is 4.78. The van der Waals surface area contributed by atoms with Crippen molar-refractivity contribution in [2.24, 2.45) is 0 Å². The predicted octanol–water partition coefficient (Wildman–Crippen LogP) is 4.14. The van der Waals surface area contributed by atoms with Gasteiger partial charge < -0.3 is 0 Å². The molecule has 0 aliphatic heterocycles. The van der Waals surface area contributed by atoms with Crippen molar-refractivity contribution < 1.29 is 16.8 Å². The number of benzene rings is 3. The molecule has 1 heterocycles. The van der Waals surface area contributed by atoms with Crippen LogP contribution < -0.4 is 0 Å². The molecular formula is C22H17NO4S2. The lowest BCUT2D eigenvalue weighted by Gasteiger charge is -2.12. The molecule has 4 rings (SSSR count). The van der Waals surface area contributed by atoms with Crippen LogP contribution in [-0.2, 0) is 19.7 Å². The summed E-state index contributed by atoms with van der Waals surface area (Å²) in [5, 5.41) is 0.274. The first kappa shape index (κ1) is 19.3. The Bertz CT molecular complexity index is 1410. The van der Waals surface area contributed by atoms with E-state index in [9.17, 15) is 16.8 Å². The zero-order chi connectivity index (χ0) is 20.6. The summed E-state index contributed by atoms with van der Waals surface area (Å²) in [6, 6.07) is 23.2. The number of nitrogens with zero attached hydrogens (tertiary/aromatic N) is 1. The molecule has 5 nitrogen and oxygen atoms in total. The summed E-state index contributed by atoms with van der Waals surface area (Å²) in [5.41, 5.74) is 1.68. The first-order valence-electron chi connectivity index (χ1n) is 8.77. The minimum atomic E-state index is -3.89. The maximum Gasteiger partial charge on any atom is 0.207 e. The molecule has 0 saturated carbocycles. The Morgan fingerprint density at radius 2 is 1.31 bits per heavy atom. The van der Waals surface area contributed by atoms with Gasteiger partial charge in [-0.05, 0) is 36.4 Å². The zero-order valence-corrected chi connectivity index (χ0v) is 17.1. The normalized spacial score (nSPS) is 12.2. The molecule has 0 radical (unpaired) electrons. The third-order valence-corrected chi connectivity index (χ3v) is 7.50. The van der Waals surface area contributed by atoms with Crippen molar-refractivity contribution in [1.82, 2.24) is 4.98 Å². The van der Waals surface area contributed by atoms with Gasteiger partial charge in [0.25, 0.3) is 0 Å². The SMILES string of the molecule is CS(=O)(=O)c1ccc2nc(-c3ccccc3)cc(S(=O)(=O)c3ccccc3)c2c1. The number of hydrogen-bond acceptors (Lipinski definition) is 5. The second-order valence-electron chi connectivity index (χ2n) is 6.64. The molecule has 3 aromatic carbocycles. The Balaban J connectivity index is 2.08. The van der Waals surface area contributed by atoms with Crippen LogP contribution in [0.25, 0.3) is 22.2 Å². The fourth-order valence-electron chi connectivity index (χ4n) is 3.11. The molecule has 29 heavy (non-hydrogen) atoms. The molecule has 0 bridgehead atoms. The standard InChI is InChI=1S/C22H17NO4S2/c1-28(24,25)18-12-13-20-19(14-18)22(29(26,27)17-10-6-3-7-11-17)15-21(23-20)16-8-4-2-5-9-16/h2-15H,1H3. The minimum Gasteiger partial charge on any atom is -0.248 e. The summed E-state index contributed by atoms with van der Waals surface area (Å²) in [6.45, 7) is 0. The molecule has 0 N–H and O–H groups in total. The van der Waals surface area contributed by atoms with E-state index in [0.717, 1.165) is 11.8 Å². The molecule has 0 unspecified atom stereocenters. The summed E-state index contributed by atoms with van der Waals surface area (Å²) in [7, 11) is -7.40. The third-order valence-electron chi connectivity index (χ3n) is 4.58. The highest BCUT2D eigenvalue weighted by Gasteiger charge is 2.23. The van der Waals surface area contributed by atoms with E-state index in [-0.39, 0.29) is 20.1 Å². The quantitative estimate of drug-likeness (QED) is 0.493. The summed E-state index contributed by atoms with van der Waals surface area (Å²) < 4.78 is 50.9. The van der Waals surface area contributed by atoms with Crippen LogP contribution in [0.15, 0.2) is 99.6 Å². The average Bonchev–Trinajstić information content (AvgIpc) is 2.73. The van der Waals surface area contributed by atoms with Crippen LogP contribution in [0.3, 0.4) is 0 Å². The second kappa shape index (κ2) is 7.09. The highest BCUT2D eigenvalue weighted by molar-refractivity contribution is 7.92. The average molecular weight is 424 g/mol. The topological polar surface area (TPSA) is 81.2 Å².